The second-order valence-corrected chi connectivity index (χ2v) is 19.8. The Balaban J connectivity index is 0.971. The van der Waals surface area contributed by atoms with Crippen LogP contribution in [0.5, 0.6) is 0 Å². The highest BCUT2D eigenvalue weighted by Gasteiger charge is 2.51. The average Bonchev–Trinajstić information content (AvgIpc) is 4.08. The van der Waals surface area contributed by atoms with E-state index < -0.39 is 5.41 Å². The number of nitrogens with zero attached hydrogens (tertiary/aromatic N) is 2. The van der Waals surface area contributed by atoms with E-state index in [9.17, 15) is 0 Å². The van der Waals surface area contributed by atoms with Crippen molar-refractivity contribution in [3.8, 4) is 50.2 Å². The van der Waals surface area contributed by atoms with Crippen LogP contribution in [0.4, 0.5) is 17.1 Å². The van der Waals surface area contributed by atoms with Gasteiger partial charge in [-0.15, -0.1) is 11.3 Å². The fourth-order valence-corrected chi connectivity index (χ4v) is 13.4. The lowest BCUT2D eigenvalue weighted by Gasteiger charge is -2.40. The minimum absolute atomic E-state index is 0.577. The molecule has 1 aliphatic carbocycles. The first-order valence-electron chi connectivity index (χ1n) is 24.2. The van der Waals surface area contributed by atoms with Gasteiger partial charge in [0.1, 0.15) is 0 Å². The van der Waals surface area contributed by atoms with Crippen LogP contribution in [0.15, 0.2) is 255 Å². The van der Waals surface area contributed by atoms with Gasteiger partial charge in [-0.05, 0) is 116 Å². The van der Waals surface area contributed by atoms with Gasteiger partial charge in [-0.2, -0.15) is 0 Å². The molecule has 0 fully saturated rings. The van der Waals surface area contributed by atoms with Gasteiger partial charge in [-0.25, -0.2) is 0 Å². The average molecular weight is 907 g/mol. The van der Waals surface area contributed by atoms with E-state index in [1.807, 2.05) is 11.3 Å². The van der Waals surface area contributed by atoms with Gasteiger partial charge in [0.2, 0.25) is 0 Å². The standard InChI is InChI=1S/C67H42N2S/c1-2-16-43(17-3-1)44-32-34-45(35-33-44)49-18-5-10-27-60(49)68(47-38-36-46(37-39-47)50-22-15-31-64-65(50)55-21-7-13-30-63(55)70-64)48-40-41-52-51-19-4-8-24-56(51)67(59(52)42-48)57-25-9-12-29-62(57)69-61-28-11-6-20-53(61)54-23-14-26-58(67)66(54)69/h1-42H. The summed E-state index contributed by atoms with van der Waals surface area (Å²) >= 11 is 1.87. The first kappa shape index (κ1) is 39.3. The Morgan fingerprint density at radius 3 is 1.79 bits per heavy atom. The second kappa shape index (κ2) is 15.1. The van der Waals surface area contributed by atoms with Crippen molar-refractivity contribution in [1.29, 1.82) is 0 Å². The number of rotatable bonds is 6. The van der Waals surface area contributed by atoms with Crippen LogP contribution in [0.25, 0.3) is 92.2 Å². The Morgan fingerprint density at radius 2 is 0.914 bits per heavy atom. The summed E-state index contributed by atoms with van der Waals surface area (Å²) in [7, 11) is 0. The van der Waals surface area contributed by atoms with Crippen molar-refractivity contribution in [2.75, 3.05) is 4.90 Å². The third-order valence-electron chi connectivity index (χ3n) is 15.2. The van der Waals surface area contributed by atoms with E-state index in [0.29, 0.717) is 0 Å². The van der Waals surface area contributed by atoms with E-state index in [1.165, 1.54) is 109 Å². The molecule has 3 heteroatoms. The number of hydrogen-bond acceptors (Lipinski definition) is 2. The van der Waals surface area contributed by atoms with Crippen molar-refractivity contribution < 1.29 is 0 Å². The fourth-order valence-electron chi connectivity index (χ4n) is 12.3. The summed E-state index contributed by atoms with van der Waals surface area (Å²) in [5, 5.41) is 5.19. The molecule has 0 amide bonds. The van der Waals surface area contributed by atoms with Gasteiger partial charge in [0.05, 0.1) is 27.8 Å². The number of fused-ring (bicyclic) bond motifs is 15. The molecule has 1 atom stereocenters. The van der Waals surface area contributed by atoms with Crippen LogP contribution in [0, 0.1) is 0 Å². The third kappa shape index (κ3) is 5.49. The topological polar surface area (TPSA) is 8.17 Å². The first-order chi connectivity index (χ1) is 34.7. The molecule has 326 valence electrons. The Hall–Kier alpha value is -8.76. The number of thiophene rings is 1. The van der Waals surface area contributed by atoms with Crippen LogP contribution in [0.2, 0.25) is 0 Å². The smallest absolute Gasteiger partial charge is 0.0755 e. The molecule has 1 spiro atoms. The van der Waals surface area contributed by atoms with Crippen molar-refractivity contribution >= 4 is 70.4 Å². The molecule has 1 aliphatic heterocycles. The Labute approximate surface area is 410 Å². The number of anilines is 3. The van der Waals surface area contributed by atoms with Gasteiger partial charge < -0.3 is 9.47 Å². The first-order valence-corrected chi connectivity index (χ1v) is 25.0. The molecule has 15 rings (SSSR count). The summed E-state index contributed by atoms with van der Waals surface area (Å²) in [5.41, 5.74) is 21.5. The fraction of sp³-hybridized carbons (Fsp3) is 0.0149. The Bertz CT molecular complexity index is 4240. The van der Waals surface area contributed by atoms with Crippen molar-refractivity contribution in [2.45, 2.75) is 5.41 Å². The maximum absolute atomic E-state index is 2.53. The molecule has 0 saturated carbocycles. The minimum Gasteiger partial charge on any atom is -0.310 e. The minimum atomic E-state index is -0.577. The number of hydrogen-bond donors (Lipinski definition) is 0. The monoisotopic (exact) mass is 906 g/mol. The van der Waals surface area contributed by atoms with Crippen LogP contribution < -0.4 is 4.90 Å². The summed E-state index contributed by atoms with van der Waals surface area (Å²) in [6, 6.07) is 94.9. The zero-order valence-corrected chi connectivity index (χ0v) is 38.9. The van der Waals surface area contributed by atoms with Crippen LogP contribution in [0.1, 0.15) is 22.3 Å². The molecule has 2 aromatic heterocycles. The lowest BCUT2D eigenvalue weighted by atomic mass is 9.65. The van der Waals surface area contributed by atoms with E-state index in [0.717, 1.165) is 22.6 Å². The predicted octanol–water partition coefficient (Wildman–Crippen LogP) is 18.3. The number of aromatic nitrogens is 1. The highest BCUT2D eigenvalue weighted by atomic mass is 32.1. The molecule has 0 bridgehead atoms. The Kier molecular flexibility index (Phi) is 8.48. The quantitative estimate of drug-likeness (QED) is 0.161. The zero-order chi connectivity index (χ0) is 45.9. The van der Waals surface area contributed by atoms with E-state index >= 15 is 0 Å². The molecular weight excluding hydrogens is 865 g/mol. The normalized spacial score (nSPS) is 14.3. The lowest BCUT2D eigenvalue weighted by molar-refractivity contribution is 0.748. The molecular formula is C67H42N2S. The zero-order valence-electron chi connectivity index (χ0n) is 38.1. The van der Waals surface area contributed by atoms with Gasteiger partial charge in [-0.1, -0.05) is 200 Å². The van der Waals surface area contributed by atoms with Gasteiger partial charge in [0, 0.05) is 47.9 Å². The van der Waals surface area contributed by atoms with Crippen LogP contribution in [-0.2, 0) is 5.41 Å². The molecule has 0 N–H and O–H groups in total. The largest absolute Gasteiger partial charge is 0.310 e. The molecule has 70 heavy (non-hydrogen) atoms. The summed E-state index contributed by atoms with van der Waals surface area (Å²) in [6.07, 6.45) is 0. The van der Waals surface area contributed by atoms with Crippen LogP contribution in [0.3, 0.4) is 0 Å². The van der Waals surface area contributed by atoms with Crippen molar-refractivity contribution in [2.24, 2.45) is 0 Å². The molecule has 3 heterocycles. The molecule has 11 aromatic carbocycles. The molecule has 1 unspecified atom stereocenters. The summed E-state index contributed by atoms with van der Waals surface area (Å²) in [5.74, 6) is 0. The Morgan fingerprint density at radius 1 is 0.343 bits per heavy atom. The molecule has 0 saturated heterocycles. The van der Waals surface area contributed by atoms with E-state index in [2.05, 4.69) is 264 Å². The maximum atomic E-state index is 2.53. The highest BCUT2D eigenvalue weighted by molar-refractivity contribution is 7.25. The summed E-state index contributed by atoms with van der Waals surface area (Å²) in [4.78, 5) is 2.49. The van der Waals surface area contributed by atoms with Gasteiger partial charge in [-0.3, -0.25) is 0 Å². The van der Waals surface area contributed by atoms with E-state index in [1.54, 1.807) is 0 Å². The third-order valence-corrected chi connectivity index (χ3v) is 16.4. The van der Waals surface area contributed by atoms with Crippen LogP contribution >= 0.6 is 11.3 Å². The van der Waals surface area contributed by atoms with Gasteiger partial charge in [0.25, 0.3) is 0 Å². The summed E-state index contributed by atoms with van der Waals surface area (Å²) in [6.45, 7) is 0. The van der Waals surface area contributed by atoms with Crippen molar-refractivity contribution in [3.63, 3.8) is 0 Å². The summed E-state index contributed by atoms with van der Waals surface area (Å²) < 4.78 is 5.15. The van der Waals surface area contributed by atoms with E-state index in [-0.39, 0.29) is 0 Å². The van der Waals surface area contributed by atoms with Gasteiger partial charge >= 0.3 is 0 Å². The second-order valence-electron chi connectivity index (χ2n) is 18.7. The molecule has 0 radical (unpaired) electrons. The lowest BCUT2D eigenvalue weighted by Crippen LogP contribution is -2.33. The highest BCUT2D eigenvalue weighted by Crippen LogP contribution is 2.62. The van der Waals surface area contributed by atoms with Gasteiger partial charge in [0.15, 0.2) is 0 Å². The molecule has 2 aliphatic rings. The van der Waals surface area contributed by atoms with Crippen molar-refractivity contribution in [3.05, 3.63) is 277 Å². The molecule has 13 aromatic rings. The number of para-hydroxylation sites is 4. The van der Waals surface area contributed by atoms with E-state index in [4.69, 9.17) is 0 Å². The molecule has 2 nitrogen and oxygen atoms in total. The predicted molar refractivity (Wildman–Crippen MR) is 296 cm³/mol. The maximum Gasteiger partial charge on any atom is 0.0755 e. The SMILES string of the molecule is c1ccc(-c2ccc(-c3ccccc3N(c3ccc(-c4cccc5sc6ccccc6c45)cc3)c3ccc4c(c3)C3(c5ccccc5-4)c4ccccc4-n4c5ccccc5c5cccc3c54)cc2)cc1. The van der Waals surface area contributed by atoms with Crippen molar-refractivity contribution in [1.82, 2.24) is 4.57 Å². The van der Waals surface area contributed by atoms with Crippen LogP contribution in [-0.4, -0.2) is 4.57 Å². The number of benzene rings is 11.